The highest BCUT2D eigenvalue weighted by molar-refractivity contribution is 6.24. The molecule has 134 valence electrons. The maximum absolute atomic E-state index is 13.0. The number of benzene rings is 1. The lowest BCUT2D eigenvalue weighted by atomic mass is 9.77. The van der Waals surface area contributed by atoms with Crippen molar-refractivity contribution in [1.29, 1.82) is 0 Å². The second-order valence-electron chi connectivity index (χ2n) is 6.44. The lowest BCUT2D eigenvalue weighted by molar-refractivity contribution is -0.384. The van der Waals surface area contributed by atoms with E-state index in [1.54, 1.807) is 12.2 Å². The predicted octanol–water partition coefficient (Wildman–Crippen LogP) is 0.971. The van der Waals surface area contributed by atoms with Crippen LogP contribution >= 0.6 is 0 Å². The van der Waals surface area contributed by atoms with Crippen molar-refractivity contribution >= 4 is 29.2 Å². The smallest absolute Gasteiger partial charge is 0.302 e. The third kappa shape index (κ3) is 2.10. The quantitative estimate of drug-likeness (QED) is 0.259. The molecule has 3 heterocycles. The van der Waals surface area contributed by atoms with Crippen molar-refractivity contribution < 1.29 is 28.8 Å². The molecule has 4 rings (SSSR count). The Morgan fingerprint density at radius 3 is 2.77 bits per heavy atom. The number of esters is 1. The van der Waals surface area contributed by atoms with Gasteiger partial charge in [0.15, 0.2) is 0 Å². The second-order valence-corrected chi connectivity index (χ2v) is 6.44. The van der Waals surface area contributed by atoms with Crippen molar-refractivity contribution in [3.63, 3.8) is 0 Å². The standard InChI is InChI=1S/C17H14N2O7/c1-9(20)25-8-17-7-6-12(26-17)13-14(17)16(22)18(15(13)21)10-4-2-3-5-11(10)19(23)24/h2-7,12-14H,8H2,1H3/t12-,13-,14+,17-/m0/s1. The zero-order valence-corrected chi connectivity index (χ0v) is 13.7. The summed E-state index contributed by atoms with van der Waals surface area (Å²) >= 11 is 0. The van der Waals surface area contributed by atoms with E-state index in [9.17, 15) is 24.5 Å². The molecule has 3 aliphatic rings. The van der Waals surface area contributed by atoms with Gasteiger partial charge in [0.25, 0.3) is 5.69 Å². The molecule has 0 aliphatic carbocycles. The summed E-state index contributed by atoms with van der Waals surface area (Å²) < 4.78 is 10.8. The number of rotatable bonds is 4. The highest BCUT2D eigenvalue weighted by atomic mass is 16.6. The van der Waals surface area contributed by atoms with Crippen LogP contribution in [0.25, 0.3) is 0 Å². The molecular weight excluding hydrogens is 344 g/mol. The first kappa shape index (κ1) is 16.4. The number of nitro benzene ring substituents is 1. The summed E-state index contributed by atoms with van der Waals surface area (Å²) in [6.45, 7) is 1.04. The Balaban J connectivity index is 1.74. The first-order valence-corrected chi connectivity index (χ1v) is 7.97. The number of hydrogen-bond acceptors (Lipinski definition) is 7. The van der Waals surface area contributed by atoms with Gasteiger partial charge in [0.1, 0.15) is 17.9 Å². The summed E-state index contributed by atoms with van der Waals surface area (Å²) in [5, 5.41) is 11.3. The second kappa shape index (κ2) is 5.46. The van der Waals surface area contributed by atoms with Crippen molar-refractivity contribution in [2.75, 3.05) is 11.5 Å². The van der Waals surface area contributed by atoms with Crippen LogP contribution in [0, 0.1) is 22.0 Å². The molecule has 0 unspecified atom stereocenters. The van der Waals surface area contributed by atoms with Gasteiger partial charge in [-0.3, -0.25) is 24.5 Å². The van der Waals surface area contributed by atoms with Gasteiger partial charge in [-0.25, -0.2) is 4.90 Å². The first-order valence-electron chi connectivity index (χ1n) is 7.97. The molecule has 9 nitrogen and oxygen atoms in total. The van der Waals surface area contributed by atoms with Crippen molar-refractivity contribution in [1.82, 2.24) is 0 Å². The minimum atomic E-state index is -1.22. The molecule has 0 aromatic heterocycles. The van der Waals surface area contributed by atoms with E-state index in [0.29, 0.717) is 0 Å². The highest BCUT2D eigenvalue weighted by Gasteiger charge is 2.68. The molecule has 1 aromatic rings. The average Bonchev–Trinajstić information content (AvgIpc) is 3.24. The van der Waals surface area contributed by atoms with E-state index in [4.69, 9.17) is 9.47 Å². The van der Waals surface area contributed by atoms with Crippen LogP contribution in [0.3, 0.4) is 0 Å². The van der Waals surface area contributed by atoms with Crippen LogP contribution in [0.2, 0.25) is 0 Å². The van der Waals surface area contributed by atoms with Crippen molar-refractivity contribution in [2.45, 2.75) is 18.6 Å². The van der Waals surface area contributed by atoms with Crippen LogP contribution in [0.15, 0.2) is 36.4 Å². The third-order valence-electron chi connectivity index (χ3n) is 4.98. The van der Waals surface area contributed by atoms with Crippen LogP contribution in [-0.2, 0) is 23.9 Å². The van der Waals surface area contributed by atoms with Crippen molar-refractivity contribution in [3.05, 3.63) is 46.5 Å². The lowest BCUT2D eigenvalue weighted by Crippen LogP contribution is -2.44. The van der Waals surface area contributed by atoms with E-state index < -0.39 is 46.2 Å². The Morgan fingerprint density at radius 2 is 2.08 bits per heavy atom. The summed E-state index contributed by atoms with van der Waals surface area (Å²) in [6.07, 6.45) is 2.67. The number of carbonyl (C=O) groups is 3. The summed E-state index contributed by atoms with van der Waals surface area (Å²) in [4.78, 5) is 48.6. The van der Waals surface area contributed by atoms with Crippen LogP contribution in [0.1, 0.15) is 6.92 Å². The molecule has 2 bridgehead atoms. The fraction of sp³-hybridized carbons (Fsp3) is 0.353. The largest absolute Gasteiger partial charge is 0.462 e. The van der Waals surface area contributed by atoms with Gasteiger partial charge < -0.3 is 9.47 Å². The summed E-state index contributed by atoms with van der Waals surface area (Å²) in [7, 11) is 0. The normalized spacial score (nSPS) is 31.4. The van der Waals surface area contributed by atoms with Gasteiger partial charge in [-0.1, -0.05) is 18.2 Å². The van der Waals surface area contributed by atoms with Gasteiger partial charge >= 0.3 is 5.97 Å². The maximum atomic E-state index is 13.0. The number of carbonyl (C=O) groups excluding carboxylic acids is 3. The molecule has 4 atom stereocenters. The topological polar surface area (TPSA) is 116 Å². The van der Waals surface area contributed by atoms with Gasteiger partial charge in [0.2, 0.25) is 11.8 Å². The summed E-state index contributed by atoms with van der Waals surface area (Å²) in [5.41, 5.74) is -1.61. The molecule has 1 aromatic carbocycles. The number of nitrogens with zero attached hydrogens (tertiary/aromatic N) is 2. The minimum Gasteiger partial charge on any atom is -0.462 e. The van der Waals surface area contributed by atoms with E-state index in [0.717, 1.165) is 4.90 Å². The third-order valence-corrected chi connectivity index (χ3v) is 4.98. The molecule has 0 saturated carbocycles. The summed E-state index contributed by atoms with van der Waals surface area (Å²) in [5.74, 6) is -3.34. The van der Waals surface area contributed by atoms with E-state index in [2.05, 4.69) is 0 Å². The van der Waals surface area contributed by atoms with Crippen LogP contribution < -0.4 is 4.90 Å². The Morgan fingerprint density at radius 1 is 1.35 bits per heavy atom. The van der Waals surface area contributed by atoms with E-state index in [-0.39, 0.29) is 18.0 Å². The number of imide groups is 1. The predicted molar refractivity (Wildman–Crippen MR) is 85.9 cm³/mol. The molecule has 9 heteroatoms. The van der Waals surface area contributed by atoms with Gasteiger partial charge in [0.05, 0.1) is 22.9 Å². The number of ether oxygens (including phenoxy) is 2. The fourth-order valence-corrected chi connectivity index (χ4v) is 3.93. The Labute approximate surface area is 147 Å². The highest BCUT2D eigenvalue weighted by Crippen LogP contribution is 2.53. The molecule has 0 spiro atoms. The van der Waals surface area contributed by atoms with Gasteiger partial charge in [0, 0.05) is 13.0 Å². The first-order chi connectivity index (χ1) is 12.4. The number of hydrogen-bond donors (Lipinski definition) is 0. The summed E-state index contributed by atoms with van der Waals surface area (Å²) in [6, 6.07) is 5.59. The Kier molecular flexibility index (Phi) is 3.45. The molecular formula is C17H14N2O7. The van der Waals surface area contributed by atoms with Crippen LogP contribution in [0.4, 0.5) is 11.4 Å². The van der Waals surface area contributed by atoms with Gasteiger partial charge in [-0.2, -0.15) is 0 Å². The number of para-hydroxylation sites is 2. The molecule has 0 N–H and O–H groups in total. The van der Waals surface area contributed by atoms with Crippen LogP contribution in [-0.4, -0.2) is 41.0 Å². The van der Waals surface area contributed by atoms with Crippen molar-refractivity contribution in [2.24, 2.45) is 11.8 Å². The fourth-order valence-electron chi connectivity index (χ4n) is 3.93. The van der Waals surface area contributed by atoms with E-state index >= 15 is 0 Å². The monoisotopic (exact) mass is 358 g/mol. The zero-order valence-electron chi connectivity index (χ0n) is 13.7. The molecule has 3 aliphatic heterocycles. The molecule has 0 radical (unpaired) electrons. The van der Waals surface area contributed by atoms with Gasteiger partial charge in [-0.05, 0) is 12.1 Å². The van der Waals surface area contributed by atoms with E-state index in [1.165, 1.54) is 31.2 Å². The molecule has 26 heavy (non-hydrogen) atoms. The minimum absolute atomic E-state index is 0.0658. The van der Waals surface area contributed by atoms with E-state index in [1.807, 2.05) is 0 Å². The SMILES string of the molecule is CC(=O)OC[C@]12C=C[C@H](O1)[C@@H]1C(=O)N(c3ccccc3[N+](=O)[O-])C(=O)[C@@H]12. The maximum Gasteiger partial charge on any atom is 0.302 e. The molecule has 2 saturated heterocycles. The Hall–Kier alpha value is -3.07. The number of amides is 2. The number of nitro groups is 1. The van der Waals surface area contributed by atoms with Crippen molar-refractivity contribution in [3.8, 4) is 0 Å². The average molecular weight is 358 g/mol. The molecule has 2 fully saturated rings. The van der Waals surface area contributed by atoms with Crippen LogP contribution in [0.5, 0.6) is 0 Å². The zero-order chi connectivity index (χ0) is 18.6. The molecule has 2 amide bonds. The lowest BCUT2D eigenvalue weighted by Gasteiger charge is -2.27. The number of fused-ring (bicyclic) bond motifs is 5. The Bertz CT molecular complexity index is 880. The number of anilines is 1. The van der Waals surface area contributed by atoms with Gasteiger partial charge in [-0.15, -0.1) is 0 Å².